The number of rotatable bonds is 4. The Morgan fingerprint density at radius 2 is 1.63 bits per heavy atom. The largest absolute Gasteiger partial charge is 0.366 e. The number of likely N-dealkylation sites (tertiary alicyclic amines) is 1. The zero-order chi connectivity index (χ0) is 21.4. The molecular formula is C22H19F2N3O3. The van der Waals surface area contributed by atoms with Crippen LogP contribution < -0.4 is 10.2 Å². The maximum Gasteiger partial charge on any atom is 0.282 e. The van der Waals surface area contributed by atoms with E-state index in [-0.39, 0.29) is 22.9 Å². The van der Waals surface area contributed by atoms with Crippen molar-refractivity contribution in [2.75, 3.05) is 23.3 Å². The maximum atomic E-state index is 14.4. The lowest BCUT2D eigenvalue weighted by Crippen LogP contribution is -2.35. The van der Waals surface area contributed by atoms with Crippen LogP contribution in [0.4, 0.5) is 20.2 Å². The average Bonchev–Trinajstić information content (AvgIpc) is 3.29. The topological polar surface area (TPSA) is 69.7 Å². The summed E-state index contributed by atoms with van der Waals surface area (Å²) in [5.41, 5.74) is 1.13. The number of amides is 3. The van der Waals surface area contributed by atoms with Gasteiger partial charge in [0.1, 0.15) is 17.3 Å². The Hall–Kier alpha value is -3.55. The molecule has 2 heterocycles. The van der Waals surface area contributed by atoms with Crippen molar-refractivity contribution in [3.05, 3.63) is 65.4 Å². The molecule has 1 fully saturated rings. The van der Waals surface area contributed by atoms with Crippen molar-refractivity contribution in [1.29, 1.82) is 0 Å². The standard InChI is InChI=1S/C22H19F2N3O3/c1-13(28)25-16-7-4-14(5-8-16)19-20(26-10-2-3-11-26)22(30)27(21(19)29)18-9-6-15(23)12-17(18)24/h4-9,12H,2-3,10-11H2,1H3,(H,25,28). The minimum absolute atomic E-state index is 0.167. The molecular weight excluding hydrogens is 392 g/mol. The Morgan fingerprint density at radius 1 is 0.967 bits per heavy atom. The molecule has 0 atom stereocenters. The summed E-state index contributed by atoms with van der Waals surface area (Å²) in [5.74, 6) is -3.31. The van der Waals surface area contributed by atoms with Gasteiger partial charge in [-0.3, -0.25) is 14.4 Å². The third-order valence-corrected chi connectivity index (χ3v) is 5.13. The normalized spacial score (nSPS) is 16.6. The molecule has 0 bridgehead atoms. The van der Waals surface area contributed by atoms with Crippen LogP contribution in [0.1, 0.15) is 25.3 Å². The fraction of sp³-hybridized carbons (Fsp3) is 0.227. The third kappa shape index (κ3) is 3.45. The summed E-state index contributed by atoms with van der Waals surface area (Å²) in [7, 11) is 0. The summed E-state index contributed by atoms with van der Waals surface area (Å²) in [6.45, 7) is 2.61. The summed E-state index contributed by atoms with van der Waals surface area (Å²) in [4.78, 5) is 40.3. The summed E-state index contributed by atoms with van der Waals surface area (Å²) in [6, 6.07) is 9.26. The van der Waals surface area contributed by atoms with Crippen molar-refractivity contribution in [2.24, 2.45) is 0 Å². The molecule has 1 saturated heterocycles. The highest BCUT2D eigenvalue weighted by atomic mass is 19.1. The van der Waals surface area contributed by atoms with Crippen molar-refractivity contribution in [1.82, 2.24) is 4.90 Å². The van der Waals surface area contributed by atoms with Gasteiger partial charge in [-0.2, -0.15) is 0 Å². The van der Waals surface area contributed by atoms with E-state index in [1.165, 1.54) is 6.92 Å². The van der Waals surface area contributed by atoms with Crippen molar-refractivity contribution < 1.29 is 23.2 Å². The lowest BCUT2D eigenvalue weighted by atomic mass is 10.0. The number of carbonyl (C=O) groups excluding carboxylic acids is 3. The second-order valence-electron chi connectivity index (χ2n) is 7.22. The molecule has 0 aliphatic carbocycles. The minimum atomic E-state index is -0.986. The highest BCUT2D eigenvalue weighted by Gasteiger charge is 2.43. The van der Waals surface area contributed by atoms with Crippen molar-refractivity contribution >= 4 is 34.7 Å². The molecule has 2 aromatic rings. The van der Waals surface area contributed by atoms with Crippen molar-refractivity contribution in [3.63, 3.8) is 0 Å². The van der Waals surface area contributed by atoms with E-state index in [2.05, 4.69) is 5.32 Å². The summed E-state index contributed by atoms with van der Waals surface area (Å²) in [5, 5.41) is 2.64. The van der Waals surface area contributed by atoms with Gasteiger partial charge in [0.05, 0.1) is 11.3 Å². The first-order chi connectivity index (χ1) is 14.4. The summed E-state index contributed by atoms with van der Waals surface area (Å²) < 4.78 is 27.7. The smallest absolute Gasteiger partial charge is 0.282 e. The Bertz CT molecular complexity index is 1070. The first-order valence-electron chi connectivity index (χ1n) is 9.58. The SMILES string of the molecule is CC(=O)Nc1ccc(C2=C(N3CCCC3)C(=O)N(c3ccc(F)cc3F)C2=O)cc1. The van der Waals surface area contributed by atoms with Crippen molar-refractivity contribution in [2.45, 2.75) is 19.8 Å². The number of imide groups is 1. The Labute approximate surface area is 171 Å². The molecule has 4 rings (SSSR count). The number of hydrogen-bond donors (Lipinski definition) is 1. The zero-order valence-corrected chi connectivity index (χ0v) is 16.2. The lowest BCUT2D eigenvalue weighted by Gasteiger charge is -2.20. The number of carbonyl (C=O) groups is 3. The predicted octanol–water partition coefficient (Wildman–Crippen LogP) is 3.30. The van der Waals surface area contributed by atoms with Gasteiger partial charge in [0.15, 0.2) is 0 Å². The molecule has 0 aromatic heterocycles. The Kier molecular flexibility index (Phi) is 5.07. The van der Waals surface area contributed by atoms with Crippen LogP contribution in [0.3, 0.4) is 0 Å². The van der Waals surface area contributed by atoms with E-state index in [0.29, 0.717) is 30.4 Å². The number of benzene rings is 2. The van der Waals surface area contributed by atoms with E-state index < -0.39 is 23.4 Å². The van der Waals surface area contributed by atoms with Gasteiger partial charge >= 0.3 is 0 Å². The first kappa shape index (κ1) is 19.8. The molecule has 0 spiro atoms. The van der Waals surface area contributed by atoms with Gasteiger partial charge < -0.3 is 10.2 Å². The molecule has 1 N–H and O–H groups in total. The molecule has 3 amide bonds. The Morgan fingerprint density at radius 3 is 2.23 bits per heavy atom. The van der Waals surface area contributed by atoms with Crippen LogP contribution in [0.5, 0.6) is 0 Å². The minimum Gasteiger partial charge on any atom is -0.366 e. The van der Waals surface area contributed by atoms with Gasteiger partial charge in [-0.1, -0.05) is 12.1 Å². The van der Waals surface area contributed by atoms with E-state index in [1.54, 1.807) is 24.3 Å². The van der Waals surface area contributed by atoms with Crippen LogP contribution >= 0.6 is 0 Å². The molecule has 8 heteroatoms. The van der Waals surface area contributed by atoms with Gasteiger partial charge in [0, 0.05) is 31.8 Å². The van der Waals surface area contributed by atoms with Gasteiger partial charge in [0.2, 0.25) is 5.91 Å². The van der Waals surface area contributed by atoms with E-state index in [1.807, 2.05) is 4.90 Å². The number of nitrogens with one attached hydrogen (secondary N) is 1. The lowest BCUT2D eigenvalue weighted by molar-refractivity contribution is -0.121. The van der Waals surface area contributed by atoms with Crippen molar-refractivity contribution in [3.8, 4) is 0 Å². The van der Waals surface area contributed by atoms with Crippen LogP contribution in [0.15, 0.2) is 48.2 Å². The fourth-order valence-corrected chi connectivity index (χ4v) is 3.82. The molecule has 0 radical (unpaired) electrons. The van der Waals surface area contributed by atoms with Gasteiger partial charge in [-0.05, 0) is 42.7 Å². The maximum absolute atomic E-state index is 14.4. The third-order valence-electron chi connectivity index (χ3n) is 5.13. The van der Waals surface area contributed by atoms with Crippen LogP contribution in [0.25, 0.3) is 5.57 Å². The summed E-state index contributed by atoms with van der Waals surface area (Å²) >= 11 is 0. The van der Waals surface area contributed by atoms with Crippen LogP contribution in [-0.2, 0) is 14.4 Å². The van der Waals surface area contributed by atoms with Crippen LogP contribution in [0, 0.1) is 11.6 Å². The quantitative estimate of drug-likeness (QED) is 0.784. The van der Waals surface area contributed by atoms with Crippen LogP contribution in [0.2, 0.25) is 0 Å². The molecule has 6 nitrogen and oxygen atoms in total. The number of anilines is 2. The molecule has 0 saturated carbocycles. The van der Waals surface area contributed by atoms with Gasteiger partial charge in [-0.15, -0.1) is 0 Å². The molecule has 0 unspecified atom stereocenters. The summed E-state index contributed by atoms with van der Waals surface area (Å²) in [6.07, 6.45) is 1.76. The van der Waals surface area contributed by atoms with Gasteiger partial charge in [-0.25, -0.2) is 13.7 Å². The second-order valence-corrected chi connectivity index (χ2v) is 7.22. The molecule has 30 heavy (non-hydrogen) atoms. The van der Waals surface area contributed by atoms with Gasteiger partial charge in [0.25, 0.3) is 11.8 Å². The van der Waals surface area contributed by atoms with Crippen LogP contribution in [-0.4, -0.2) is 35.7 Å². The molecule has 154 valence electrons. The highest BCUT2D eigenvalue weighted by Crippen LogP contribution is 2.37. The molecule has 2 aliphatic heterocycles. The first-order valence-corrected chi connectivity index (χ1v) is 9.58. The van der Waals surface area contributed by atoms with E-state index in [0.717, 1.165) is 29.9 Å². The Balaban J connectivity index is 1.79. The average molecular weight is 411 g/mol. The highest BCUT2D eigenvalue weighted by molar-refractivity contribution is 6.45. The number of halogens is 2. The zero-order valence-electron chi connectivity index (χ0n) is 16.2. The molecule has 2 aliphatic rings. The fourth-order valence-electron chi connectivity index (χ4n) is 3.82. The predicted molar refractivity (Wildman–Crippen MR) is 107 cm³/mol. The van der Waals surface area contributed by atoms with E-state index >= 15 is 0 Å². The monoisotopic (exact) mass is 411 g/mol. The number of nitrogens with zero attached hydrogens (tertiary/aromatic N) is 2. The van der Waals surface area contributed by atoms with E-state index in [9.17, 15) is 23.2 Å². The second kappa shape index (κ2) is 7.70. The number of hydrogen-bond acceptors (Lipinski definition) is 4. The van der Waals surface area contributed by atoms with E-state index in [4.69, 9.17) is 0 Å². The molecule has 2 aromatic carbocycles.